The summed E-state index contributed by atoms with van der Waals surface area (Å²) in [5.41, 5.74) is -0.225. The molecule has 0 bridgehead atoms. The summed E-state index contributed by atoms with van der Waals surface area (Å²) in [6.45, 7) is 1.92. The average molecular weight is 429 g/mol. The minimum absolute atomic E-state index is 0.0100. The van der Waals surface area contributed by atoms with Crippen LogP contribution in [0.15, 0.2) is 41.3 Å². The van der Waals surface area contributed by atoms with E-state index in [1.807, 2.05) is 0 Å². The van der Waals surface area contributed by atoms with Gasteiger partial charge in [-0.3, -0.25) is 4.79 Å². The van der Waals surface area contributed by atoms with E-state index in [4.69, 9.17) is 11.6 Å². The molecule has 2 aromatic carbocycles. The molecule has 0 spiro atoms. The summed E-state index contributed by atoms with van der Waals surface area (Å²) in [6.07, 6.45) is 1.01. The molecule has 1 heterocycles. The van der Waals surface area contributed by atoms with Crippen molar-refractivity contribution in [1.82, 2.24) is 9.62 Å². The van der Waals surface area contributed by atoms with Crippen molar-refractivity contribution in [3.63, 3.8) is 0 Å². The Bertz CT molecular complexity index is 994. The summed E-state index contributed by atoms with van der Waals surface area (Å²) in [5, 5.41) is 2.89. The smallest absolute Gasteiger partial charge is 0.257 e. The minimum Gasteiger partial charge on any atom is -0.348 e. The first-order valence-corrected chi connectivity index (χ1v) is 10.5. The number of hydrogen-bond acceptors (Lipinski definition) is 3. The van der Waals surface area contributed by atoms with Crippen molar-refractivity contribution < 1.29 is 22.0 Å². The second kappa shape index (κ2) is 8.14. The molecule has 1 unspecified atom stereocenters. The first kappa shape index (κ1) is 20.7. The largest absolute Gasteiger partial charge is 0.348 e. The van der Waals surface area contributed by atoms with E-state index in [2.05, 4.69) is 5.32 Å². The van der Waals surface area contributed by atoms with Crippen LogP contribution in [0.1, 0.15) is 28.8 Å². The number of nitrogens with one attached hydrogen (secondary N) is 1. The lowest BCUT2D eigenvalue weighted by atomic mass is 10.1. The van der Waals surface area contributed by atoms with Crippen molar-refractivity contribution in [3.05, 3.63) is 64.2 Å². The molecule has 9 heteroatoms. The van der Waals surface area contributed by atoms with Crippen molar-refractivity contribution in [2.45, 2.75) is 30.7 Å². The van der Waals surface area contributed by atoms with E-state index in [0.29, 0.717) is 23.4 Å². The molecular weight excluding hydrogens is 410 g/mol. The standard InChI is InChI=1S/C19H19ClF2N2O3S/c1-12-14(20)6-2-9-17(12)28(26,27)24-10-4-5-13(11-24)23-19(25)18-15(21)7-3-8-16(18)22/h2-3,6-9,13H,4-5,10-11H2,1H3,(H,23,25). The Morgan fingerprint density at radius 1 is 1.18 bits per heavy atom. The van der Waals surface area contributed by atoms with Gasteiger partial charge in [0.05, 0.1) is 4.90 Å². The van der Waals surface area contributed by atoms with Gasteiger partial charge in [0.1, 0.15) is 17.2 Å². The maximum atomic E-state index is 13.8. The van der Waals surface area contributed by atoms with Gasteiger partial charge in [-0.15, -0.1) is 0 Å². The van der Waals surface area contributed by atoms with Crippen LogP contribution >= 0.6 is 11.6 Å². The maximum absolute atomic E-state index is 13.8. The van der Waals surface area contributed by atoms with E-state index in [1.165, 1.54) is 16.4 Å². The van der Waals surface area contributed by atoms with Crippen molar-refractivity contribution in [1.29, 1.82) is 0 Å². The van der Waals surface area contributed by atoms with E-state index in [9.17, 15) is 22.0 Å². The fourth-order valence-corrected chi connectivity index (χ4v) is 5.26. The predicted octanol–water partition coefficient (Wildman–Crippen LogP) is 3.51. The fourth-order valence-electron chi connectivity index (χ4n) is 3.26. The number of hydrogen-bond donors (Lipinski definition) is 1. The van der Waals surface area contributed by atoms with Gasteiger partial charge in [0.15, 0.2) is 0 Å². The molecule has 0 aliphatic carbocycles. The number of carbonyl (C=O) groups is 1. The van der Waals surface area contributed by atoms with Crippen LogP contribution in [0.5, 0.6) is 0 Å². The van der Waals surface area contributed by atoms with Crippen molar-refractivity contribution in [2.24, 2.45) is 0 Å². The molecule has 0 saturated carbocycles. The van der Waals surface area contributed by atoms with E-state index in [-0.39, 0.29) is 18.0 Å². The zero-order valence-electron chi connectivity index (χ0n) is 15.1. The van der Waals surface area contributed by atoms with Gasteiger partial charge in [0, 0.05) is 24.2 Å². The molecule has 1 amide bonds. The molecule has 1 fully saturated rings. The van der Waals surface area contributed by atoms with E-state index >= 15 is 0 Å². The molecular formula is C19H19ClF2N2O3S. The zero-order valence-corrected chi connectivity index (χ0v) is 16.7. The van der Waals surface area contributed by atoms with Gasteiger partial charge in [-0.25, -0.2) is 17.2 Å². The first-order valence-electron chi connectivity index (χ1n) is 8.72. The van der Waals surface area contributed by atoms with Crippen molar-refractivity contribution in [2.75, 3.05) is 13.1 Å². The van der Waals surface area contributed by atoms with Crippen LogP contribution in [0.2, 0.25) is 5.02 Å². The summed E-state index contributed by atoms with van der Waals surface area (Å²) >= 11 is 6.04. The van der Waals surface area contributed by atoms with Gasteiger partial charge in [-0.1, -0.05) is 23.7 Å². The van der Waals surface area contributed by atoms with Gasteiger partial charge < -0.3 is 5.32 Å². The second-order valence-corrected chi connectivity index (χ2v) is 8.95. The molecule has 0 radical (unpaired) electrons. The third-order valence-electron chi connectivity index (χ3n) is 4.74. The molecule has 150 valence electrons. The third-order valence-corrected chi connectivity index (χ3v) is 7.16. The minimum atomic E-state index is -3.82. The predicted molar refractivity (Wildman–Crippen MR) is 102 cm³/mol. The number of carbonyl (C=O) groups excluding carboxylic acids is 1. The second-order valence-electron chi connectivity index (χ2n) is 6.64. The number of piperidine rings is 1. The summed E-state index contributed by atoms with van der Waals surface area (Å²) in [7, 11) is -3.82. The number of nitrogens with zero attached hydrogens (tertiary/aromatic N) is 1. The van der Waals surface area contributed by atoms with Crippen molar-refractivity contribution in [3.8, 4) is 0 Å². The number of amides is 1. The van der Waals surface area contributed by atoms with Crippen LogP contribution in [-0.4, -0.2) is 37.8 Å². The SMILES string of the molecule is Cc1c(Cl)cccc1S(=O)(=O)N1CCCC(NC(=O)c2c(F)cccc2F)C1. The monoisotopic (exact) mass is 428 g/mol. The van der Waals surface area contributed by atoms with E-state index in [0.717, 1.165) is 12.1 Å². The molecule has 28 heavy (non-hydrogen) atoms. The highest BCUT2D eigenvalue weighted by Crippen LogP contribution is 2.27. The Balaban J connectivity index is 1.79. The Morgan fingerprint density at radius 3 is 2.50 bits per heavy atom. The molecule has 5 nitrogen and oxygen atoms in total. The number of sulfonamides is 1. The summed E-state index contributed by atoms with van der Waals surface area (Å²) in [5.74, 6) is -2.83. The van der Waals surface area contributed by atoms with Gasteiger partial charge in [-0.2, -0.15) is 4.31 Å². The Hall–Kier alpha value is -2.03. The van der Waals surface area contributed by atoms with Crippen LogP contribution in [0.25, 0.3) is 0 Å². The highest BCUT2D eigenvalue weighted by Gasteiger charge is 2.32. The van der Waals surface area contributed by atoms with Gasteiger partial charge >= 0.3 is 0 Å². The zero-order chi connectivity index (χ0) is 20.5. The number of rotatable bonds is 4. The van der Waals surface area contributed by atoms with Crippen LogP contribution in [0.3, 0.4) is 0 Å². The highest BCUT2D eigenvalue weighted by molar-refractivity contribution is 7.89. The quantitative estimate of drug-likeness (QED) is 0.810. The van der Waals surface area contributed by atoms with E-state index < -0.39 is 39.2 Å². The number of benzene rings is 2. The molecule has 1 saturated heterocycles. The Kier molecular flexibility index (Phi) is 6.02. The topological polar surface area (TPSA) is 66.5 Å². The summed E-state index contributed by atoms with van der Waals surface area (Å²) in [6, 6.07) is 7.26. The lowest BCUT2D eigenvalue weighted by molar-refractivity contribution is 0.0912. The maximum Gasteiger partial charge on any atom is 0.257 e. The fraction of sp³-hybridized carbons (Fsp3) is 0.316. The Labute approximate surface area is 167 Å². The van der Waals surface area contributed by atoms with Gasteiger partial charge in [-0.05, 0) is 49.6 Å². The molecule has 1 atom stereocenters. The highest BCUT2D eigenvalue weighted by atomic mass is 35.5. The lowest BCUT2D eigenvalue weighted by Gasteiger charge is -2.32. The van der Waals surface area contributed by atoms with Crippen LogP contribution < -0.4 is 5.32 Å². The third kappa shape index (κ3) is 4.04. The van der Waals surface area contributed by atoms with Crippen LogP contribution in [0, 0.1) is 18.6 Å². The first-order chi connectivity index (χ1) is 13.2. The molecule has 0 aromatic heterocycles. The van der Waals surface area contributed by atoms with Crippen LogP contribution in [-0.2, 0) is 10.0 Å². The van der Waals surface area contributed by atoms with Crippen LogP contribution in [0.4, 0.5) is 8.78 Å². The average Bonchev–Trinajstić information content (AvgIpc) is 2.64. The molecule has 2 aromatic rings. The number of halogens is 3. The summed E-state index contributed by atoms with van der Waals surface area (Å²) < 4.78 is 54.9. The van der Waals surface area contributed by atoms with E-state index in [1.54, 1.807) is 19.1 Å². The molecule has 1 aliphatic heterocycles. The van der Waals surface area contributed by atoms with Gasteiger partial charge in [0.2, 0.25) is 10.0 Å². The normalized spacial score (nSPS) is 18.1. The molecule has 1 aliphatic rings. The lowest BCUT2D eigenvalue weighted by Crippen LogP contribution is -2.49. The Morgan fingerprint density at radius 2 is 1.82 bits per heavy atom. The molecule has 1 N–H and O–H groups in total. The molecule has 3 rings (SSSR count). The van der Waals surface area contributed by atoms with Gasteiger partial charge in [0.25, 0.3) is 5.91 Å². The summed E-state index contributed by atoms with van der Waals surface area (Å²) in [4.78, 5) is 12.4. The van der Waals surface area contributed by atoms with Crippen molar-refractivity contribution >= 4 is 27.5 Å².